The molecule has 1 heterocycles. The summed E-state index contributed by atoms with van der Waals surface area (Å²) in [6.45, 7) is 4.78. The molecule has 1 unspecified atom stereocenters. The molecule has 55 heavy (non-hydrogen) atoms. The Morgan fingerprint density at radius 3 is 1.58 bits per heavy atom. The Hall–Kier alpha value is -6.77. The molecule has 2 heteroatoms. The van der Waals surface area contributed by atoms with Gasteiger partial charge in [0.2, 0.25) is 0 Å². The first kappa shape index (κ1) is 30.7. The van der Waals surface area contributed by atoms with Crippen LogP contribution in [0.5, 0.6) is 0 Å². The van der Waals surface area contributed by atoms with E-state index in [0.29, 0.717) is 0 Å². The number of benzene rings is 8. The van der Waals surface area contributed by atoms with Crippen LogP contribution in [0.2, 0.25) is 0 Å². The molecule has 3 aliphatic rings. The maximum atomic E-state index is 5.38. The van der Waals surface area contributed by atoms with E-state index >= 15 is 0 Å². The zero-order chi connectivity index (χ0) is 36.5. The fraction of sp³-hybridized carbons (Fsp3) is 0.0755. The summed E-state index contributed by atoms with van der Waals surface area (Å²) < 4.78 is 2.32. The summed E-state index contributed by atoms with van der Waals surface area (Å²) in [5.74, 6) is 0.937. The van der Waals surface area contributed by atoms with Crippen LogP contribution < -0.4 is 0 Å². The van der Waals surface area contributed by atoms with Crippen molar-refractivity contribution >= 4 is 11.0 Å². The highest BCUT2D eigenvalue weighted by molar-refractivity contribution is 6.00. The summed E-state index contributed by atoms with van der Waals surface area (Å²) in [5.41, 5.74) is 22.0. The lowest BCUT2D eigenvalue weighted by atomic mass is 9.65. The van der Waals surface area contributed by atoms with Crippen LogP contribution in [0.4, 0.5) is 0 Å². The molecule has 0 amide bonds. The monoisotopic (exact) mass is 700 g/mol. The minimum Gasteiger partial charge on any atom is -0.292 e. The molecular weight excluding hydrogens is 665 g/mol. The molecule has 9 aromatic rings. The van der Waals surface area contributed by atoms with Gasteiger partial charge in [0.05, 0.1) is 16.4 Å². The number of nitrogens with zero attached hydrogens (tertiary/aromatic N) is 2. The second-order valence-corrected chi connectivity index (χ2v) is 15.9. The summed E-state index contributed by atoms with van der Waals surface area (Å²) in [4.78, 5) is 5.38. The smallest absolute Gasteiger partial charge is 0.145 e. The number of fused-ring (bicyclic) bond motifs is 16. The van der Waals surface area contributed by atoms with Gasteiger partial charge in [-0.3, -0.25) is 4.57 Å². The standard InChI is InChI=1S/C53H36N2/c1-52(2)43-23-11-8-21-38(43)41-32-48-42(31-46(41)52)39-22-10-13-25-45(39)53(48)44-24-12-9-20-37(44)35-18-6-7-19-36(35)40-29-28-33(30-47(40)53)51-54-49-26-14-15-27-50(49)55(51)34-16-4-3-5-17-34/h3-32H,1-2H3. The van der Waals surface area contributed by atoms with Gasteiger partial charge in [-0.25, -0.2) is 4.98 Å². The first-order chi connectivity index (χ1) is 27.0. The van der Waals surface area contributed by atoms with Gasteiger partial charge in [0, 0.05) is 16.7 Å². The van der Waals surface area contributed by atoms with Crippen LogP contribution in [0, 0.1) is 0 Å². The van der Waals surface area contributed by atoms with E-state index in [9.17, 15) is 0 Å². The number of imidazole rings is 1. The van der Waals surface area contributed by atoms with Gasteiger partial charge in [-0.05, 0) is 120 Å². The zero-order valence-corrected chi connectivity index (χ0v) is 30.7. The summed E-state index contributed by atoms with van der Waals surface area (Å²) in [6.07, 6.45) is 0. The molecule has 0 radical (unpaired) electrons. The Labute approximate surface area is 321 Å². The van der Waals surface area contributed by atoms with Crippen molar-refractivity contribution in [1.82, 2.24) is 9.55 Å². The summed E-state index contributed by atoms with van der Waals surface area (Å²) >= 11 is 0. The van der Waals surface area contributed by atoms with Crippen molar-refractivity contribution in [2.24, 2.45) is 0 Å². The van der Waals surface area contributed by atoms with Gasteiger partial charge in [-0.2, -0.15) is 0 Å². The summed E-state index contributed by atoms with van der Waals surface area (Å²) in [5, 5.41) is 0. The fourth-order valence-corrected chi connectivity index (χ4v) is 10.5. The molecule has 1 atom stereocenters. The molecule has 8 aromatic carbocycles. The Bertz CT molecular complexity index is 3070. The van der Waals surface area contributed by atoms with Gasteiger partial charge in [0.1, 0.15) is 5.82 Å². The van der Waals surface area contributed by atoms with Crippen LogP contribution in [0.3, 0.4) is 0 Å². The molecular formula is C53H36N2. The fourth-order valence-electron chi connectivity index (χ4n) is 10.5. The van der Waals surface area contributed by atoms with Crippen LogP contribution in [0.1, 0.15) is 47.2 Å². The quantitative estimate of drug-likeness (QED) is 0.176. The van der Waals surface area contributed by atoms with Crippen molar-refractivity contribution in [3.8, 4) is 61.6 Å². The Morgan fingerprint density at radius 2 is 0.873 bits per heavy atom. The lowest BCUT2D eigenvalue weighted by Gasteiger charge is -2.36. The zero-order valence-electron chi connectivity index (χ0n) is 30.7. The number of hydrogen-bond acceptors (Lipinski definition) is 1. The van der Waals surface area contributed by atoms with Crippen molar-refractivity contribution in [2.45, 2.75) is 24.7 Å². The molecule has 0 N–H and O–H groups in total. The second kappa shape index (κ2) is 10.9. The van der Waals surface area contributed by atoms with E-state index in [-0.39, 0.29) is 5.41 Å². The normalized spacial score (nSPS) is 16.4. The maximum Gasteiger partial charge on any atom is 0.145 e. The molecule has 3 aliphatic carbocycles. The van der Waals surface area contributed by atoms with E-state index in [0.717, 1.165) is 28.1 Å². The van der Waals surface area contributed by atoms with E-state index in [4.69, 9.17) is 4.98 Å². The highest BCUT2D eigenvalue weighted by Gasteiger charge is 2.51. The lowest BCUT2D eigenvalue weighted by Crippen LogP contribution is -2.29. The molecule has 0 bridgehead atoms. The number of rotatable bonds is 2. The average molecular weight is 701 g/mol. The predicted molar refractivity (Wildman–Crippen MR) is 226 cm³/mol. The van der Waals surface area contributed by atoms with E-state index in [1.165, 1.54) is 77.9 Å². The molecule has 1 spiro atoms. The first-order valence-electron chi connectivity index (χ1n) is 19.3. The van der Waals surface area contributed by atoms with Crippen molar-refractivity contribution in [3.05, 3.63) is 215 Å². The first-order valence-corrected chi connectivity index (χ1v) is 19.3. The van der Waals surface area contributed by atoms with Crippen LogP contribution >= 0.6 is 0 Å². The largest absolute Gasteiger partial charge is 0.292 e. The Balaban J connectivity index is 1.25. The van der Waals surface area contributed by atoms with Crippen LogP contribution in [0.15, 0.2) is 182 Å². The van der Waals surface area contributed by atoms with E-state index in [1.807, 2.05) is 0 Å². The molecule has 258 valence electrons. The van der Waals surface area contributed by atoms with Crippen molar-refractivity contribution in [2.75, 3.05) is 0 Å². The SMILES string of the molecule is CC1(C)c2ccccc2-c2cc3c(cc21)-c1ccccc1C31c2ccccc2-c2ccccc2-c2ccc(-c3nc4ccccc4n3-c3ccccc3)cc21. The molecule has 12 rings (SSSR count). The van der Waals surface area contributed by atoms with Gasteiger partial charge < -0.3 is 0 Å². The minimum absolute atomic E-state index is 0.106. The number of aromatic nitrogens is 2. The number of para-hydroxylation sites is 3. The minimum atomic E-state index is -0.604. The maximum absolute atomic E-state index is 5.38. The Kier molecular flexibility index (Phi) is 6.08. The van der Waals surface area contributed by atoms with Gasteiger partial charge in [-0.1, -0.05) is 153 Å². The summed E-state index contributed by atoms with van der Waals surface area (Å²) in [7, 11) is 0. The topological polar surface area (TPSA) is 17.8 Å². The molecule has 0 saturated carbocycles. The van der Waals surface area contributed by atoms with E-state index in [1.54, 1.807) is 0 Å². The predicted octanol–water partition coefficient (Wildman–Crippen LogP) is 13.0. The third-order valence-electron chi connectivity index (χ3n) is 12.8. The highest BCUT2D eigenvalue weighted by Crippen LogP contribution is 2.64. The third kappa shape index (κ3) is 3.91. The van der Waals surface area contributed by atoms with Gasteiger partial charge in [-0.15, -0.1) is 0 Å². The third-order valence-corrected chi connectivity index (χ3v) is 12.8. The second-order valence-electron chi connectivity index (χ2n) is 15.9. The van der Waals surface area contributed by atoms with E-state index < -0.39 is 5.41 Å². The van der Waals surface area contributed by atoms with Crippen molar-refractivity contribution in [3.63, 3.8) is 0 Å². The van der Waals surface area contributed by atoms with Gasteiger partial charge >= 0.3 is 0 Å². The van der Waals surface area contributed by atoms with Gasteiger partial charge in [0.25, 0.3) is 0 Å². The van der Waals surface area contributed by atoms with Crippen molar-refractivity contribution < 1.29 is 0 Å². The highest BCUT2D eigenvalue weighted by atomic mass is 15.1. The van der Waals surface area contributed by atoms with Crippen molar-refractivity contribution in [1.29, 1.82) is 0 Å². The molecule has 0 saturated heterocycles. The van der Waals surface area contributed by atoms with Crippen LogP contribution in [0.25, 0.3) is 72.6 Å². The van der Waals surface area contributed by atoms with Crippen LogP contribution in [-0.2, 0) is 10.8 Å². The van der Waals surface area contributed by atoms with E-state index in [2.05, 4.69) is 200 Å². The van der Waals surface area contributed by atoms with Crippen LogP contribution in [-0.4, -0.2) is 9.55 Å². The summed E-state index contributed by atoms with van der Waals surface area (Å²) in [6, 6.07) is 67.8. The average Bonchev–Trinajstić information content (AvgIpc) is 3.82. The molecule has 1 aromatic heterocycles. The Morgan fingerprint density at radius 1 is 0.382 bits per heavy atom. The van der Waals surface area contributed by atoms with Gasteiger partial charge in [0.15, 0.2) is 0 Å². The number of hydrogen-bond donors (Lipinski definition) is 0. The molecule has 2 nitrogen and oxygen atoms in total. The lowest BCUT2D eigenvalue weighted by molar-refractivity contribution is 0.660. The molecule has 0 fully saturated rings. The molecule has 0 aliphatic heterocycles.